The van der Waals surface area contributed by atoms with E-state index in [9.17, 15) is 14.4 Å². The first-order valence-corrected chi connectivity index (χ1v) is 14.2. The van der Waals surface area contributed by atoms with E-state index in [1.54, 1.807) is 11.8 Å². The van der Waals surface area contributed by atoms with Gasteiger partial charge < -0.3 is 10.6 Å². The van der Waals surface area contributed by atoms with Crippen molar-refractivity contribution in [3.05, 3.63) is 108 Å². The second-order valence-electron chi connectivity index (χ2n) is 9.54. The Labute approximate surface area is 230 Å². The molecule has 3 aromatic carbocycles. The molecule has 0 aliphatic heterocycles. The van der Waals surface area contributed by atoms with Crippen LogP contribution in [0.4, 0.5) is 0 Å². The number of carbonyl (C=O) groups excluding carboxylic acids is 3. The molecule has 6 heteroatoms. The number of hydrogen-bond donors (Lipinski definition) is 2. The lowest BCUT2D eigenvalue weighted by Crippen LogP contribution is -2.52. The quantitative estimate of drug-likeness (QED) is 0.277. The van der Waals surface area contributed by atoms with Crippen molar-refractivity contribution in [2.45, 2.75) is 57.4 Å². The second kappa shape index (κ2) is 14.0. The van der Waals surface area contributed by atoms with E-state index in [1.807, 2.05) is 75.4 Å². The highest BCUT2D eigenvalue weighted by molar-refractivity contribution is 8.00. The Hall–Kier alpha value is -3.38. The van der Waals surface area contributed by atoms with Crippen LogP contribution in [0.15, 0.2) is 91.0 Å². The lowest BCUT2D eigenvalue weighted by molar-refractivity contribution is -0.132. The smallest absolute Gasteiger partial charge is 0.243 e. The van der Waals surface area contributed by atoms with Crippen LogP contribution < -0.4 is 10.6 Å². The zero-order valence-electron chi connectivity index (χ0n) is 22.6. The third kappa shape index (κ3) is 6.93. The second-order valence-corrected chi connectivity index (χ2v) is 10.8. The van der Waals surface area contributed by atoms with Crippen LogP contribution in [0.5, 0.6) is 0 Å². The maximum Gasteiger partial charge on any atom is 0.243 e. The molecule has 0 heterocycles. The van der Waals surface area contributed by atoms with Gasteiger partial charge >= 0.3 is 0 Å². The highest BCUT2D eigenvalue weighted by Gasteiger charge is 2.38. The van der Waals surface area contributed by atoms with Gasteiger partial charge in [0.1, 0.15) is 6.04 Å². The zero-order chi connectivity index (χ0) is 27.5. The standard InChI is InChI=1S/C32H38N2O3S/c1-5-23(3)30(36)33-28(6-2)31(37)34-29(24(4)35)22-38-32(25-16-10-7-11-17-25,26-18-12-8-13-19-26)27-20-14-9-15-21-27/h7-21,23,28-29H,5-6,22H2,1-4H3,(H,33,36)(H,34,37)/t23-,28-,29-/m0/s1. The zero-order valence-corrected chi connectivity index (χ0v) is 23.5. The molecule has 0 aromatic heterocycles. The first kappa shape index (κ1) is 29.2. The molecule has 2 N–H and O–H groups in total. The Morgan fingerprint density at radius 3 is 1.47 bits per heavy atom. The number of thioether (sulfide) groups is 1. The Kier molecular flexibility index (Phi) is 10.7. The number of carbonyl (C=O) groups is 3. The van der Waals surface area contributed by atoms with E-state index in [-0.39, 0.29) is 23.5 Å². The van der Waals surface area contributed by atoms with Gasteiger partial charge in [-0.25, -0.2) is 0 Å². The van der Waals surface area contributed by atoms with E-state index in [1.165, 1.54) is 6.92 Å². The van der Waals surface area contributed by atoms with Gasteiger partial charge in [-0.2, -0.15) is 0 Å². The molecule has 2 amide bonds. The van der Waals surface area contributed by atoms with Gasteiger partial charge in [0.15, 0.2) is 5.78 Å². The SMILES string of the molecule is CC[C@H](NC(=O)[C@@H](C)CC)C(=O)N[C@@H](CSC(c1ccccc1)(c1ccccc1)c1ccccc1)C(C)=O. The molecule has 0 unspecified atom stereocenters. The van der Waals surface area contributed by atoms with Crippen LogP contribution in [-0.4, -0.2) is 35.4 Å². The van der Waals surface area contributed by atoms with Gasteiger partial charge in [0.25, 0.3) is 0 Å². The minimum Gasteiger partial charge on any atom is -0.344 e. The molecule has 0 aliphatic rings. The van der Waals surface area contributed by atoms with Crippen LogP contribution >= 0.6 is 11.8 Å². The summed E-state index contributed by atoms with van der Waals surface area (Å²) in [6.45, 7) is 7.13. The van der Waals surface area contributed by atoms with Gasteiger partial charge in [-0.3, -0.25) is 14.4 Å². The van der Waals surface area contributed by atoms with E-state index in [0.29, 0.717) is 18.6 Å². The maximum absolute atomic E-state index is 13.2. The summed E-state index contributed by atoms with van der Waals surface area (Å²) in [5.74, 6) is -0.444. The number of ketones is 1. The summed E-state index contributed by atoms with van der Waals surface area (Å²) in [4.78, 5) is 38.4. The van der Waals surface area contributed by atoms with E-state index in [0.717, 1.165) is 16.7 Å². The number of benzene rings is 3. The van der Waals surface area contributed by atoms with Crippen molar-refractivity contribution in [2.24, 2.45) is 5.92 Å². The van der Waals surface area contributed by atoms with E-state index in [4.69, 9.17) is 0 Å². The molecule has 3 atom stereocenters. The topological polar surface area (TPSA) is 75.3 Å². The van der Waals surface area contributed by atoms with Gasteiger partial charge in [0.05, 0.1) is 10.8 Å². The lowest BCUT2D eigenvalue weighted by atomic mass is 9.84. The molecule has 0 saturated heterocycles. The molecular formula is C32H38N2O3S. The summed E-state index contributed by atoms with van der Waals surface area (Å²) in [6.07, 6.45) is 1.13. The van der Waals surface area contributed by atoms with E-state index in [2.05, 4.69) is 47.0 Å². The first-order valence-electron chi connectivity index (χ1n) is 13.2. The molecule has 3 aromatic rings. The number of Topliss-reactive ketones (excluding diaryl/α,β-unsaturated/α-hetero) is 1. The third-order valence-electron chi connectivity index (χ3n) is 6.92. The average Bonchev–Trinajstić information content (AvgIpc) is 2.96. The fraction of sp³-hybridized carbons (Fsp3) is 0.344. The first-order chi connectivity index (χ1) is 18.3. The Bertz CT molecular complexity index is 1090. The summed E-state index contributed by atoms with van der Waals surface area (Å²) in [5.41, 5.74) is 3.26. The van der Waals surface area contributed by atoms with Gasteiger partial charge in [0, 0.05) is 11.7 Å². The molecule has 0 fully saturated rings. The van der Waals surface area contributed by atoms with Gasteiger partial charge in [0.2, 0.25) is 11.8 Å². The fourth-order valence-corrected chi connectivity index (χ4v) is 6.01. The summed E-state index contributed by atoms with van der Waals surface area (Å²) in [5, 5.41) is 5.77. The van der Waals surface area contributed by atoms with Crippen molar-refractivity contribution in [2.75, 3.05) is 5.75 Å². The van der Waals surface area contributed by atoms with Crippen molar-refractivity contribution < 1.29 is 14.4 Å². The minimum atomic E-state index is -0.711. The minimum absolute atomic E-state index is 0.128. The van der Waals surface area contributed by atoms with Gasteiger partial charge in [-0.15, -0.1) is 11.8 Å². The fourth-order valence-electron chi connectivity index (χ4n) is 4.36. The van der Waals surface area contributed by atoms with Crippen molar-refractivity contribution in [1.82, 2.24) is 10.6 Å². The molecule has 0 bridgehead atoms. The van der Waals surface area contributed by atoms with Crippen molar-refractivity contribution in [1.29, 1.82) is 0 Å². The normalized spacial score (nSPS) is 13.7. The molecule has 0 saturated carbocycles. The third-order valence-corrected chi connectivity index (χ3v) is 8.56. The summed E-state index contributed by atoms with van der Waals surface area (Å²) in [6, 6.07) is 29.3. The van der Waals surface area contributed by atoms with Crippen LogP contribution in [0.2, 0.25) is 0 Å². The number of nitrogens with one attached hydrogen (secondary N) is 2. The van der Waals surface area contributed by atoms with Crippen LogP contribution in [0.25, 0.3) is 0 Å². The summed E-state index contributed by atoms with van der Waals surface area (Å²) >= 11 is 1.63. The predicted octanol–water partition coefficient (Wildman–Crippen LogP) is 5.73. The van der Waals surface area contributed by atoms with Gasteiger partial charge in [-0.05, 0) is 36.5 Å². The molecule has 3 rings (SSSR count). The molecule has 5 nitrogen and oxygen atoms in total. The Morgan fingerprint density at radius 1 is 0.684 bits per heavy atom. The van der Waals surface area contributed by atoms with Crippen LogP contribution in [0.3, 0.4) is 0 Å². The summed E-state index contributed by atoms with van der Waals surface area (Å²) < 4.78 is -0.600. The lowest BCUT2D eigenvalue weighted by Gasteiger charge is -2.36. The predicted molar refractivity (Wildman–Crippen MR) is 156 cm³/mol. The molecule has 0 aliphatic carbocycles. The number of amides is 2. The number of rotatable bonds is 13. The average molecular weight is 531 g/mol. The summed E-state index contributed by atoms with van der Waals surface area (Å²) in [7, 11) is 0. The molecule has 0 radical (unpaired) electrons. The molecule has 200 valence electrons. The molecule has 38 heavy (non-hydrogen) atoms. The number of hydrogen-bond acceptors (Lipinski definition) is 4. The van der Waals surface area contributed by atoms with Crippen LogP contribution in [0, 0.1) is 5.92 Å². The van der Waals surface area contributed by atoms with E-state index >= 15 is 0 Å². The molecule has 0 spiro atoms. The van der Waals surface area contributed by atoms with E-state index < -0.39 is 16.8 Å². The monoisotopic (exact) mass is 530 g/mol. The molecular weight excluding hydrogens is 492 g/mol. The van der Waals surface area contributed by atoms with Crippen LogP contribution in [-0.2, 0) is 19.1 Å². The maximum atomic E-state index is 13.2. The van der Waals surface area contributed by atoms with Gasteiger partial charge in [-0.1, -0.05) is 112 Å². The Balaban J connectivity index is 1.94. The Morgan fingerprint density at radius 2 is 1.11 bits per heavy atom. The van der Waals surface area contributed by atoms with Crippen molar-refractivity contribution >= 4 is 29.4 Å². The largest absolute Gasteiger partial charge is 0.344 e. The van der Waals surface area contributed by atoms with Crippen molar-refractivity contribution in [3.63, 3.8) is 0 Å². The van der Waals surface area contributed by atoms with Crippen molar-refractivity contribution in [3.8, 4) is 0 Å². The highest BCUT2D eigenvalue weighted by Crippen LogP contribution is 2.48. The van der Waals surface area contributed by atoms with Crippen LogP contribution in [0.1, 0.15) is 57.2 Å². The highest BCUT2D eigenvalue weighted by atomic mass is 32.2.